The highest BCUT2D eigenvalue weighted by atomic mass is 16.3. The van der Waals surface area contributed by atoms with Crippen LogP contribution >= 0.6 is 0 Å². The van der Waals surface area contributed by atoms with Crippen molar-refractivity contribution in [2.75, 3.05) is 0 Å². The van der Waals surface area contributed by atoms with Crippen molar-refractivity contribution < 1.29 is 10.2 Å². The number of benzene rings is 1. The van der Waals surface area contributed by atoms with Crippen molar-refractivity contribution in [2.24, 2.45) is 0 Å². The van der Waals surface area contributed by atoms with E-state index in [1.54, 1.807) is 12.3 Å². The fourth-order valence-electron chi connectivity index (χ4n) is 2.05. The molecule has 0 radical (unpaired) electrons. The lowest BCUT2D eigenvalue weighted by Crippen LogP contribution is -2.10. The first kappa shape index (κ1) is 9.60. The van der Waals surface area contributed by atoms with Gasteiger partial charge < -0.3 is 10.2 Å². The van der Waals surface area contributed by atoms with Gasteiger partial charge in [0.25, 0.3) is 0 Å². The summed E-state index contributed by atoms with van der Waals surface area (Å²) in [5, 5.41) is 20.5. The van der Waals surface area contributed by atoms with Crippen LogP contribution in [0.15, 0.2) is 30.5 Å². The molecule has 3 rings (SSSR count). The molecule has 0 atom stereocenters. The number of fused-ring (bicyclic) bond motifs is 1. The smallest absolute Gasteiger partial charge is 0.141 e. The summed E-state index contributed by atoms with van der Waals surface area (Å²) in [6, 6.07) is 7.30. The minimum Gasteiger partial charge on any atom is -0.506 e. The number of pyridine rings is 1. The fraction of sp³-hybridized carbons (Fsp3) is 0.308. The van der Waals surface area contributed by atoms with Gasteiger partial charge in [-0.2, -0.15) is 0 Å². The van der Waals surface area contributed by atoms with Crippen LogP contribution in [0, 0.1) is 0 Å². The number of aromatic nitrogens is 1. The summed E-state index contributed by atoms with van der Waals surface area (Å²) >= 11 is 0. The molecule has 1 heterocycles. The van der Waals surface area contributed by atoms with Gasteiger partial charge in [0, 0.05) is 18.0 Å². The Labute approximate surface area is 93.4 Å². The highest BCUT2D eigenvalue weighted by molar-refractivity contribution is 5.87. The van der Waals surface area contributed by atoms with E-state index < -0.39 is 5.60 Å². The number of aromatic hydroxyl groups is 1. The molecule has 1 aliphatic rings. The molecule has 0 unspecified atom stereocenters. The standard InChI is InChI=1S/C13H13NO2/c15-11-4-3-9(8-13(16)5-6-13)10-2-1-7-14-12(10)11/h1-4,7,15-16H,5-6,8H2. The number of aliphatic hydroxyl groups is 1. The zero-order valence-electron chi connectivity index (χ0n) is 8.85. The molecule has 1 aliphatic carbocycles. The van der Waals surface area contributed by atoms with Crippen molar-refractivity contribution in [2.45, 2.75) is 24.9 Å². The van der Waals surface area contributed by atoms with Gasteiger partial charge in [-0.3, -0.25) is 4.98 Å². The Morgan fingerprint density at radius 1 is 1.25 bits per heavy atom. The second kappa shape index (κ2) is 3.19. The number of rotatable bonds is 2. The predicted octanol–water partition coefficient (Wildman–Crippen LogP) is 2.01. The number of hydrogen-bond donors (Lipinski definition) is 2. The Bertz CT molecular complexity index is 547. The largest absolute Gasteiger partial charge is 0.506 e. The van der Waals surface area contributed by atoms with Crippen LogP contribution in [0.2, 0.25) is 0 Å². The van der Waals surface area contributed by atoms with E-state index in [2.05, 4.69) is 4.98 Å². The van der Waals surface area contributed by atoms with E-state index in [1.165, 1.54) is 0 Å². The Balaban J connectivity index is 2.14. The van der Waals surface area contributed by atoms with Crippen LogP contribution < -0.4 is 0 Å². The molecule has 0 saturated heterocycles. The summed E-state index contributed by atoms with van der Waals surface area (Å²) in [7, 11) is 0. The average Bonchev–Trinajstić information content (AvgIpc) is 3.01. The lowest BCUT2D eigenvalue weighted by molar-refractivity contribution is 0.151. The van der Waals surface area contributed by atoms with Crippen LogP contribution in [0.5, 0.6) is 5.75 Å². The molecule has 1 saturated carbocycles. The van der Waals surface area contributed by atoms with Crippen LogP contribution in [0.3, 0.4) is 0 Å². The Morgan fingerprint density at radius 2 is 2.06 bits per heavy atom. The SMILES string of the molecule is Oc1ccc(CC2(O)CC2)c2cccnc12. The topological polar surface area (TPSA) is 53.4 Å². The second-order valence-electron chi connectivity index (χ2n) is 4.54. The molecule has 2 N–H and O–H groups in total. The van der Waals surface area contributed by atoms with Gasteiger partial charge in [-0.1, -0.05) is 12.1 Å². The number of nitrogens with zero attached hydrogens (tertiary/aromatic N) is 1. The van der Waals surface area contributed by atoms with Gasteiger partial charge in [0.1, 0.15) is 11.3 Å². The van der Waals surface area contributed by atoms with Crippen LogP contribution in [-0.4, -0.2) is 20.8 Å². The van der Waals surface area contributed by atoms with E-state index >= 15 is 0 Å². The summed E-state index contributed by atoms with van der Waals surface area (Å²) in [5.41, 5.74) is 1.16. The van der Waals surface area contributed by atoms with Crippen LogP contribution in [0.4, 0.5) is 0 Å². The minimum atomic E-state index is -0.514. The van der Waals surface area contributed by atoms with Gasteiger partial charge >= 0.3 is 0 Å². The molecule has 82 valence electrons. The molecule has 2 aromatic rings. The molecule has 1 aromatic heterocycles. The summed E-state index contributed by atoms with van der Waals surface area (Å²) < 4.78 is 0. The van der Waals surface area contributed by atoms with Gasteiger partial charge in [0.2, 0.25) is 0 Å². The highest BCUT2D eigenvalue weighted by Gasteiger charge is 2.40. The fourth-order valence-corrected chi connectivity index (χ4v) is 2.05. The average molecular weight is 215 g/mol. The van der Waals surface area contributed by atoms with E-state index in [0.717, 1.165) is 23.8 Å². The molecule has 0 amide bonds. The highest BCUT2D eigenvalue weighted by Crippen LogP contribution is 2.40. The molecule has 0 aliphatic heterocycles. The molecule has 0 spiro atoms. The first-order valence-electron chi connectivity index (χ1n) is 5.46. The molecule has 16 heavy (non-hydrogen) atoms. The molecule has 1 aromatic carbocycles. The first-order chi connectivity index (χ1) is 7.68. The van der Waals surface area contributed by atoms with Crippen molar-refractivity contribution in [3.8, 4) is 5.75 Å². The van der Waals surface area contributed by atoms with Crippen molar-refractivity contribution >= 4 is 10.9 Å². The van der Waals surface area contributed by atoms with E-state index in [0.29, 0.717) is 11.9 Å². The number of hydrogen-bond acceptors (Lipinski definition) is 3. The maximum atomic E-state index is 9.93. The lowest BCUT2D eigenvalue weighted by Gasteiger charge is -2.10. The molecular formula is C13H13NO2. The zero-order valence-corrected chi connectivity index (χ0v) is 8.85. The quantitative estimate of drug-likeness (QED) is 0.805. The summed E-state index contributed by atoms with van der Waals surface area (Å²) in [5.74, 6) is 0.196. The van der Waals surface area contributed by atoms with Crippen LogP contribution in [-0.2, 0) is 6.42 Å². The van der Waals surface area contributed by atoms with Crippen molar-refractivity contribution in [3.63, 3.8) is 0 Å². The Hall–Kier alpha value is -1.61. The van der Waals surface area contributed by atoms with Crippen LogP contribution in [0.1, 0.15) is 18.4 Å². The summed E-state index contributed by atoms with van der Waals surface area (Å²) in [6.45, 7) is 0. The summed E-state index contributed by atoms with van der Waals surface area (Å²) in [4.78, 5) is 4.16. The van der Waals surface area contributed by atoms with E-state index in [4.69, 9.17) is 0 Å². The van der Waals surface area contributed by atoms with Crippen LogP contribution in [0.25, 0.3) is 10.9 Å². The molecule has 1 fully saturated rings. The third-order valence-corrected chi connectivity index (χ3v) is 3.19. The van der Waals surface area contributed by atoms with E-state index in [9.17, 15) is 10.2 Å². The molecule has 3 heteroatoms. The molecule has 0 bridgehead atoms. The first-order valence-corrected chi connectivity index (χ1v) is 5.46. The predicted molar refractivity (Wildman–Crippen MR) is 61.3 cm³/mol. The van der Waals surface area contributed by atoms with Crippen molar-refractivity contribution in [1.82, 2.24) is 4.98 Å². The Morgan fingerprint density at radius 3 is 2.81 bits per heavy atom. The maximum Gasteiger partial charge on any atom is 0.141 e. The van der Waals surface area contributed by atoms with E-state index in [1.807, 2.05) is 18.2 Å². The van der Waals surface area contributed by atoms with Crippen molar-refractivity contribution in [3.05, 3.63) is 36.0 Å². The van der Waals surface area contributed by atoms with E-state index in [-0.39, 0.29) is 5.75 Å². The monoisotopic (exact) mass is 215 g/mol. The third-order valence-electron chi connectivity index (χ3n) is 3.19. The van der Waals surface area contributed by atoms with Gasteiger partial charge in [-0.05, 0) is 30.5 Å². The number of phenolic OH excluding ortho intramolecular Hbond substituents is 1. The summed E-state index contributed by atoms with van der Waals surface area (Å²) in [6.07, 6.45) is 4.05. The molecular weight excluding hydrogens is 202 g/mol. The third kappa shape index (κ3) is 1.53. The van der Waals surface area contributed by atoms with Gasteiger partial charge in [0.05, 0.1) is 5.60 Å². The molecule has 3 nitrogen and oxygen atoms in total. The van der Waals surface area contributed by atoms with Gasteiger partial charge in [-0.25, -0.2) is 0 Å². The minimum absolute atomic E-state index is 0.196. The lowest BCUT2D eigenvalue weighted by atomic mass is 10.0. The van der Waals surface area contributed by atoms with Crippen molar-refractivity contribution in [1.29, 1.82) is 0 Å². The number of phenols is 1. The normalized spacial score (nSPS) is 17.6. The zero-order chi connectivity index (χ0) is 11.2. The second-order valence-corrected chi connectivity index (χ2v) is 4.54. The van der Waals surface area contributed by atoms with Gasteiger partial charge in [-0.15, -0.1) is 0 Å². The Kier molecular flexibility index (Phi) is 1.91. The maximum absolute atomic E-state index is 9.93. The van der Waals surface area contributed by atoms with Gasteiger partial charge in [0.15, 0.2) is 0 Å².